The molecule has 1 aliphatic rings. The summed E-state index contributed by atoms with van der Waals surface area (Å²) in [6.45, 7) is 3.94. The van der Waals surface area contributed by atoms with E-state index in [2.05, 4.69) is 31.1 Å². The van der Waals surface area contributed by atoms with E-state index in [0.717, 1.165) is 34.3 Å². The van der Waals surface area contributed by atoms with Gasteiger partial charge in [-0.05, 0) is 93.2 Å². The van der Waals surface area contributed by atoms with E-state index in [-0.39, 0.29) is 11.9 Å². The maximum absolute atomic E-state index is 12.9. The van der Waals surface area contributed by atoms with Crippen LogP contribution in [0.2, 0.25) is 5.02 Å². The SMILES string of the molecule is COc1ccc(Br)cc1CCc1c(Cl)cccc1C(=O)NC(N)=NCCCN1CCCC1. The molecule has 1 heterocycles. The number of nitrogens with zero attached hydrogens (tertiary/aromatic N) is 2. The highest BCUT2D eigenvalue weighted by Gasteiger charge is 2.16. The standard InChI is InChI=1S/C24H30BrClN4O2/c1-32-22-11-9-18(25)16-17(22)8-10-19-20(6-4-7-21(19)26)23(31)29-24(27)28-12-5-15-30-13-2-3-14-30/h4,6-7,9,11,16H,2-3,5,8,10,12-15H2,1H3,(H3,27,28,29,31). The number of carbonyl (C=O) groups excluding carboxylic acids is 1. The van der Waals surface area contributed by atoms with Gasteiger partial charge in [-0.1, -0.05) is 33.6 Å². The minimum atomic E-state index is -0.301. The van der Waals surface area contributed by atoms with Crippen LogP contribution in [0.25, 0.3) is 0 Å². The van der Waals surface area contributed by atoms with Gasteiger partial charge in [-0.25, -0.2) is 0 Å². The second kappa shape index (κ2) is 12.2. The molecule has 8 heteroatoms. The minimum absolute atomic E-state index is 0.135. The molecule has 0 unspecified atom stereocenters. The number of carbonyl (C=O) groups is 1. The van der Waals surface area contributed by atoms with E-state index in [9.17, 15) is 4.79 Å². The van der Waals surface area contributed by atoms with Gasteiger partial charge in [0.25, 0.3) is 5.91 Å². The van der Waals surface area contributed by atoms with Crippen LogP contribution in [-0.2, 0) is 12.8 Å². The lowest BCUT2D eigenvalue weighted by atomic mass is 9.98. The highest BCUT2D eigenvalue weighted by molar-refractivity contribution is 9.10. The van der Waals surface area contributed by atoms with Gasteiger partial charge in [0, 0.05) is 21.6 Å². The number of hydrogen-bond donors (Lipinski definition) is 2. The minimum Gasteiger partial charge on any atom is -0.496 e. The summed E-state index contributed by atoms with van der Waals surface area (Å²) in [4.78, 5) is 19.6. The molecular formula is C24H30BrClN4O2. The maximum atomic E-state index is 12.9. The molecule has 0 aliphatic carbocycles. The predicted molar refractivity (Wildman–Crippen MR) is 134 cm³/mol. The molecule has 0 atom stereocenters. The molecule has 1 amide bonds. The number of amides is 1. The van der Waals surface area contributed by atoms with Crippen LogP contribution in [0.15, 0.2) is 45.9 Å². The van der Waals surface area contributed by atoms with Crippen molar-refractivity contribution in [3.05, 3.63) is 62.6 Å². The van der Waals surface area contributed by atoms with Gasteiger partial charge >= 0.3 is 0 Å². The molecule has 1 saturated heterocycles. The Morgan fingerprint density at radius 1 is 1.25 bits per heavy atom. The van der Waals surface area contributed by atoms with Crippen molar-refractivity contribution in [1.29, 1.82) is 0 Å². The molecule has 32 heavy (non-hydrogen) atoms. The van der Waals surface area contributed by atoms with Crippen LogP contribution in [-0.4, -0.2) is 50.1 Å². The number of nitrogens with two attached hydrogens (primary N) is 1. The van der Waals surface area contributed by atoms with Crippen LogP contribution in [0.1, 0.15) is 40.7 Å². The highest BCUT2D eigenvalue weighted by Crippen LogP contribution is 2.27. The van der Waals surface area contributed by atoms with Crippen molar-refractivity contribution >= 4 is 39.4 Å². The van der Waals surface area contributed by atoms with E-state index in [1.165, 1.54) is 25.9 Å². The van der Waals surface area contributed by atoms with Gasteiger partial charge in [-0.3, -0.25) is 15.1 Å². The van der Waals surface area contributed by atoms with Gasteiger partial charge in [-0.15, -0.1) is 0 Å². The zero-order chi connectivity index (χ0) is 22.9. The van der Waals surface area contributed by atoms with E-state index in [0.29, 0.717) is 30.0 Å². The molecule has 1 fully saturated rings. The van der Waals surface area contributed by atoms with Crippen molar-refractivity contribution in [1.82, 2.24) is 10.2 Å². The Kier molecular flexibility index (Phi) is 9.38. The number of aryl methyl sites for hydroxylation is 1. The molecule has 0 bridgehead atoms. The second-order valence-corrected chi connectivity index (χ2v) is 9.17. The second-order valence-electron chi connectivity index (χ2n) is 7.85. The lowest BCUT2D eigenvalue weighted by Gasteiger charge is -2.14. The van der Waals surface area contributed by atoms with E-state index >= 15 is 0 Å². The monoisotopic (exact) mass is 520 g/mol. The molecular weight excluding hydrogens is 492 g/mol. The molecule has 2 aromatic carbocycles. The van der Waals surface area contributed by atoms with E-state index in [1.54, 1.807) is 25.3 Å². The maximum Gasteiger partial charge on any atom is 0.258 e. The fourth-order valence-electron chi connectivity index (χ4n) is 3.95. The summed E-state index contributed by atoms with van der Waals surface area (Å²) < 4.78 is 6.43. The van der Waals surface area contributed by atoms with E-state index in [4.69, 9.17) is 22.1 Å². The first-order chi connectivity index (χ1) is 15.5. The summed E-state index contributed by atoms with van der Waals surface area (Å²) in [6.07, 6.45) is 4.73. The molecule has 1 aliphatic heterocycles. The van der Waals surface area contributed by atoms with E-state index in [1.807, 2.05) is 18.2 Å². The summed E-state index contributed by atoms with van der Waals surface area (Å²) in [5, 5.41) is 3.26. The molecule has 0 spiro atoms. The number of rotatable bonds is 9. The largest absolute Gasteiger partial charge is 0.496 e. The lowest BCUT2D eigenvalue weighted by molar-refractivity contribution is 0.0975. The third-order valence-electron chi connectivity index (χ3n) is 5.61. The number of methoxy groups -OCH3 is 1. The van der Waals surface area contributed by atoms with Crippen LogP contribution < -0.4 is 15.8 Å². The third-order valence-corrected chi connectivity index (χ3v) is 6.45. The van der Waals surface area contributed by atoms with Crippen LogP contribution in [0, 0.1) is 0 Å². The smallest absolute Gasteiger partial charge is 0.258 e. The zero-order valence-electron chi connectivity index (χ0n) is 18.4. The molecule has 172 valence electrons. The molecule has 3 rings (SSSR count). The summed E-state index contributed by atoms with van der Waals surface area (Å²) in [5.41, 5.74) is 8.27. The van der Waals surface area contributed by atoms with Gasteiger partial charge in [0.05, 0.1) is 7.11 Å². The Balaban J connectivity index is 1.62. The number of benzene rings is 2. The van der Waals surface area contributed by atoms with Crippen LogP contribution in [0.4, 0.5) is 0 Å². The van der Waals surface area contributed by atoms with Gasteiger partial charge in [0.15, 0.2) is 5.96 Å². The number of halogens is 2. The molecule has 0 aromatic heterocycles. The number of hydrogen-bond acceptors (Lipinski definition) is 4. The van der Waals surface area contributed by atoms with Crippen molar-refractivity contribution in [2.45, 2.75) is 32.1 Å². The molecule has 0 radical (unpaired) electrons. The van der Waals surface area contributed by atoms with Crippen LogP contribution in [0.3, 0.4) is 0 Å². The summed E-state index contributed by atoms with van der Waals surface area (Å²) in [5.74, 6) is 0.636. The van der Waals surface area contributed by atoms with Crippen molar-refractivity contribution in [3.8, 4) is 5.75 Å². The normalized spacial score (nSPS) is 14.5. The molecule has 2 aromatic rings. The van der Waals surface area contributed by atoms with Crippen LogP contribution in [0.5, 0.6) is 5.75 Å². The average Bonchev–Trinajstić information content (AvgIpc) is 3.29. The van der Waals surface area contributed by atoms with Gasteiger partial charge in [0.2, 0.25) is 0 Å². The lowest BCUT2D eigenvalue weighted by Crippen LogP contribution is -2.37. The van der Waals surface area contributed by atoms with Gasteiger partial charge in [-0.2, -0.15) is 0 Å². The highest BCUT2D eigenvalue weighted by atomic mass is 79.9. The number of likely N-dealkylation sites (tertiary alicyclic amines) is 1. The number of aliphatic imine (C=N–C) groups is 1. The van der Waals surface area contributed by atoms with Crippen molar-refractivity contribution < 1.29 is 9.53 Å². The van der Waals surface area contributed by atoms with Gasteiger partial charge in [0.1, 0.15) is 5.75 Å². The number of ether oxygens (including phenoxy) is 1. The quantitative estimate of drug-likeness (QED) is 0.291. The average molecular weight is 522 g/mol. The fraction of sp³-hybridized carbons (Fsp3) is 0.417. The predicted octanol–water partition coefficient (Wildman–Crippen LogP) is 4.43. The van der Waals surface area contributed by atoms with Crippen molar-refractivity contribution in [2.75, 3.05) is 33.3 Å². The van der Waals surface area contributed by atoms with Crippen LogP contribution >= 0.6 is 27.5 Å². The van der Waals surface area contributed by atoms with Crippen molar-refractivity contribution in [2.24, 2.45) is 10.7 Å². The summed E-state index contributed by atoms with van der Waals surface area (Å²) >= 11 is 9.96. The molecule has 3 N–H and O–H groups in total. The first kappa shape index (κ1) is 24.6. The first-order valence-corrected chi connectivity index (χ1v) is 12.1. The fourth-order valence-corrected chi connectivity index (χ4v) is 4.63. The Morgan fingerprint density at radius 3 is 2.78 bits per heavy atom. The number of nitrogens with one attached hydrogen (secondary N) is 1. The topological polar surface area (TPSA) is 79.9 Å². The Morgan fingerprint density at radius 2 is 2.03 bits per heavy atom. The van der Waals surface area contributed by atoms with E-state index < -0.39 is 0 Å². The summed E-state index contributed by atoms with van der Waals surface area (Å²) in [6, 6.07) is 11.2. The van der Waals surface area contributed by atoms with Crippen molar-refractivity contribution in [3.63, 3.8) is 0 Å². The Hall–Kier alpha value is -2.09. The Bertz CT molecular complexity index is 961. The first-order valence-electron chi connectivity index (χ1n) is 10.9. The molecule has 0 saturated carbocycles. The molecule has 6 nitrogen and oxygen atoms in total. The van der Waals surface area contributed by atoms with Gasteiger partial charge < -0.3 is 15.4 Å². The number of guanidine groups is 1. The third kappa shape index (κ3) is 6.95. The summed E-state index contributed by atoms with van der Waals surface area (Å²) in [7, 11) is 1.65. The zero-order valence-corrected chi connectivity index (χ0v) is 20.7. The Labute approximate surface area is 203 Å².